The monoisotopic (exact) mass is 566 g/mol. The number of aromatic nitrogens is 6. The molecule has 0 saturated carbocycles. The summed E-state index contributed by atoms with van der Waals surface area (Å²) in [5.41, 5.74) is 17.6. The lowest BCUT2D eigenvalue weighted by atomic mass is 9.99. The van der Waals surface area contributed by atoms with Gasteiger partial charge in [0.05, 0.1) is 17.3 Å². The van der Waals surface area contributed by atoms with Gasteiger partial charge in [-0.05, 0) is 45.8 Å². The number of phenolic OH excluding ortho intramolecular Hbond substituents is 1. The van der Waals surface area contributed by atoms with Crippen LogP contribution in [0, 0.1) is 24.3 Å². The zero-order valence-electron chi connectivity index (χ0n) is 22.4. The molecule has 2 aromatic heterocycles. The van der Waals surface area contributed by atoms with Crippen molar-refractivity contribution in [3.63, 3.8) is 0 Å². The van der Waals surface area contributed by atoms with Crippen LogP contribution in [-0.4, -0.2) is 32.4 Å². The zero-order valence-corrected chi connectivity index (χ0v) is 22.4. The van der Waals surface area contributed by atoms with Crippen LogP contribution in [0.3, 0.4) is 0 Å². The van der Waals surface area contributed by atoms with Crippen LogP contribution in [0.2, 0.25) is 0 Å². The van der Waals surface area contributed by atoms with E-state index in [0.717, 1.165) is 27.8 Å². The molecule has 42 heavy (non-hydrogen) atoms. The van der Waals surface area contributed by atoms with E-state index >= 15 is 0 Å². The van der Waals surface area contributed by atoms with Gasteiger partial charge in [0.15, 0.2) is 0 Å². The summed E-state index contributed by atoms with van der Waals surface area (Å²) in [7, 11) is 1.58. The molecule has 2 heterocycles. The Hall–Kier alpha value is -5.78. The summed E-state index contributed by atoms with van der Waals surface area (Å²) >= 11 is 0. The van der Waals surface area contributed by atoms with Gasteiger partial charge >= 0.3 is 0 Å². The number of phenols is 1. The van der Waals surface area contributed by atoms with E-state index in [2.05, 4.69) is 20.2 Å². The lowest BCUT2D eigenvalue weighted by Crippen LogP contribution is -2.33. The fourth-order valence-corrected chi connectivity index (χ4v) is 4.54. The minimum absolute atomic E-state index is 0. The molecule has 0 aliphatic rings. The van der Waals surface area contributed by atoms with Gasteiger partial charge in [-0.1, -0.05) is 56.0 Å². The van der Waals surface area contributed by atoms with Gasteiger partial charge in [0.1, 0.15) is 22.5 Å². The van der Waals surface area contributed by atoms with Crippen molar-refractivity contribution in [2.24, 2.45) is 0 Å². The van der Waals surface area contributed by atoms with Crippen molar-refractivity contribution in [1.29, 1.82) is 0 Å². The number of rotatable bonds is 3. The fourth-order valence-electron chi connectivity index (χ4n) is 4.54. The standard InChI is InChI=1S/C15H14N4O2.C14H12N4O2.CH4/c1-9-5-3-4-6-10(9)11-7-13-12(8-14(11)21-2)17-15(16)18-19(13)20;1-8-4-2-3-5-9(8)10-6-12-11(7-13(10)19)16-14(15)17-18(12)20;/h3-8H,1-2H3,(H2,16,17,18);2-7,19H,1H3,(H2,15,16,17);1H4. The minimum Gasteiger partial charge on any atom is -0.594 e. The van der Waals surface area contributed by atoms with E-state index in [4.69, 9.17) is 16.2 Å². The third-order valence-corrected chi connectivity index (χ3v) is 6.53. The molecule has 5 N–H and O–H groups in total. The molecule has 6 aromatic rings. The first-order chi connectivity index (χ1) is 19.7. The van der Waals surface area contributed by atoms with Gasteiger partial charge in [-0.2, -0.15) is 0 Å². The van der Waals surface area contributed by atoms with Crippen LogP contribution in [0.4, 0.5) is 11.9 Å². The van der Waals surface area contributed by atoms with Crippen molar-refractivity contribution in [2.75, 3.05) is 18.6 Å². The second kappa shape index (κ2) is 11.8. The molecule has 12 heteroatoms. The van der Waals surface area contributed by atoms with Gasteiger partial charge < -0.3 is 31.7 Å². The number of nitrogen functional groups attached to an aromatic ring is 2. The topological polar surface area (TPSA) is 187 Å². The molecule has 0 radical (unpaired) electrons. The molecule has 0 unspecified atom stereocenters. The first-order valence-corrected chi connectivity index (χ1v) is 12.4. The third kappa shape index (κ3) is 5.59. The maximum absolute atomic E-state index is 11.9. The quantitative estimate of drug-likeness (QED) is 0.209. The highest BCUT2D eigenvalue weighted by molar-refractivity contribution is 5.86. The summed E-state index contributed by atoms with van der Waals surface area (Å²) in [5, 5.41) is 41.0. The normalized spacial score (nSPS) is 10.5. The molecule has 0 saturated heterocycles. The van der Waals surface area contributed by atoms with Crippen molar-refractivity contribution in [3.8, 4) is 33.8 Å². The van der Waals surface area contributed by atoms with Crippen LogP contribution >= 0.6 is 0 Å². The van der Waals surface area contributed by atoms with Crippen LogP contribution in [-0.2, 0) is 0 Å². The number of aromatic hydroxyl groups is 1. The SMILES string of the molecule is C.COc1cc2nc(N)n[n+]([O-])c2cc1-c1ccccc1C.Cc1ccccc1-c1cc2c(cc1O)nc(N)n[n+]2[O-]. The molecule has 6 rings (SSSR count). The second-order valence-corrected chi connectivity index (χ2v) is 9.21. The molecule has 0 aliphatic heterocycles. The molecule has 0 amide bonds. The Labute approximate surface area is 241 Å². The Balaban J connectivity index is 0.000000189. The van der Waals surface area contributed by atoms with Crippen LogP contribution in [0.1, 0.15) is 18.6 Å². The molecule has 4 aromatic carbocycles. The van der Waals surface area contributed by atoms with Gasteiger partial charge in [0.2, 0.25) is 0 Å². The lowest BCUT2D eigenvalue weighted by molar-refractivity contribution is -0.641. The lowest BCUT2D eigenvalue weighted by Gasteiger charge is -2.11. The highest BCUT2D eigenvalue weighted by Crippen LogP contribution is 2.35. The van der Waals surface area contributed by atoms with Gasteiger partial charge in [0, 0.05) is 35.4 Å². The smallest absolute Gasteiger partial charge is 0.288 e. The average Bonchev–Trinajstić information content (AvgIpc) is 2.93. The van der Waals surface area contributed by atoms with Gasteiger partial charge in [0.25, 0.3) is 22.9 Å². The molecule has 0 fully saturated rings. The number of nitrogens with zero attached hydrogens (tertiary/aromatic N) is 6. The summed E-state index contributed by atoms with van der Waals surface area (Å²) in [6.45, 7) is 3.94. The van der Waals surface area contributed by atoms with Crippen molar-refractivity contribution in [3.05, 3.63) is 94.3 Å². The predicted octanol–water partition coefficient (Wildman–Crippen LogP) is 3.99. The summed E-state index contributed by atoms with van der Waals surface area (Å²) in [5.74, 6) is 0.485. The van der Waals surface area contributed by atoms with Crippen molar-refractivity contribution in [1.82, 2.24) is 20.2 Å². The van der Waals surface area contributed by atoms with Crippen LogP contribution in [0.5, 0.6) is 11.5 Å². The summed E-state index contributed by atoms with van der Waals surface area (Å²) in [4.78, 5) is 8.91. The number of benzene rings is 4. The van der Waals surface area contributed by atoms with Gasteiger partial charge in [-0.15, -0.1) is 0 Å². The van der Waals surface area contributed by atoms with Crippen LogP contribution in [0.25, 0.3) is 44.3 Å². The number of nitrogens with two attached hydrogens (primary N) is 2. The Morgan fingerprint density at radius 2 is 1.14 bits per heavy atom. The third-order valence-electron chi connectivity index (χ3n) is 6.53. The number of hydrogen-bond donors (Lipinski definition) is 3. The maximum atomic E-state index is 11.9. The molecule has 214 valence electrons. The Bertz CT molecular complexity index is 1930. The summed E-state index contributed by atoms with van der Waals surface area (Å²) < 4.78 is 5.43. The number of fused-ring (bicyclic) bond motifs is 2. The summed E-state index contributed by atoms with van der Waals surface area (Å²) in [6, 6.07) is 21.9. The minimum atomic E-state index is -0.129. The molecule has 0 atom stereocenters. The van der Waals surface area contributed by atoms with E-state index in [1.807, 2.05) is 62.4 Å². The van der Waals surface area contributed by atoms with E-state index in [9.17, 15) is 15.5 Å². The van der Waals surface area contributed by atoms with Gasteiger partial charge in [-0.3, -0.25) is 0 Å². The molecule has 0 bridgehead atoms. The molecule has 0 spiro atoms. The number of aryl methyl sites for hydroxylation is 2. The Morgan fingerprint density at radius 1 is 0.690 bits per heavy atom. The van der Waals surface area contributed by atoms with Crippen molar-refractivity contribution >= 4 is 34.0 Å². The first kappa shape index (κ1) is 29.2. The molecule has 0 aliphatic carbocycles. The zero-order chi connectivity index (χ0) is 29.3. The second-order valence-electron chi connectivity index (χ2n) is 9.21. The van der Waals surface area contributed by atoms with Crippen molar-refractivity contribution < 1.29 is 19.5 Å². The van der Waals surface area contributed by atoms with E-state index in [-0.39, 0.29) is 30.6 Å². The largest absolute Gasteiger partial charge is 0.594 e. The highest BCUT2D eigenvalue weighted by Gasteiger charge is 2.18. The van der Waals surface area contributed by atoms with E-state index < -0.39 is 0 Å². The van der Waals surface area contributed by atoms with E-state index in [1.54, 1.807) is 25.3 Å². The fraction of sp³-hybridized carbons (Fsp3) is 0.133. The number of ether oxygens (including phenoxy) is 1. The number of methoxy groups -OCH3 is 1. The number of hydrogen-bond acceptors (Lipinski definition) is 10. The Kier molecular flexibility index (Phi) is 8.18. The number of anilines is 2. The van der Waals surface area contributed by atoms with Crippen molar-refractivity contribution in [2.45, 2.75) is 21.3 Å². The summed E-state index contributed by atoms with van der Waals surface area (Å²) in [6.07, 6.45) is 0. The first-order valence-electron chi connectivity index (χ1n) is 12.4. The molecular formula is C30H30N8O4. The van der Waals surface area contributed by atoms with Gasteiger partial charge in [-0.25, -0.2) is 9.97 Å². The van der Waals surface area contributed by atoms with E-state index in [1.165, 1.54) is 6.07 Å². The Morgan fingerprint density at radius 3 is 1.64 bits per heavy atom. The highest BCUT2D eigenvalue weighted by atomic mass is 16.5. The molecule has 12 nitrogen and oxygen atoms in total. The van der Waals surface area contributed by atoms with E-state index in [0.29, 0.717) is 37.6 Å². The van der Waals surface area contributed by atoms with Crippen LogP contribution in [0.15, 0.2) is 72.8 Å². The van der Waals surface area contributed by atoms with Crippen LogP contribution < -0.4 is 25.9 Å². The molecular weight excluding hydrogens is 536 g/mol. The average molecular weight is 567 g/mol. The maximum Gasteiger partial charge on any atom is 0.288 e. The predicted molar refractivity (Wildman–Crippen MR) is 161 cm³/mol.